The van der Waals surface area contributed by atoms with Gasteiger partial charge < -0.3 is 28.0 Å². The molecule has 0 heterocycles. The molecular weight excluding hydrogens is 220 g/mol. The third-order valence-corrected chi connectivity index (χ3v) is 1.52. The van der Waals surface area contributed by atoms with Crippen LogP contribution in [0.1, 0.15) is 26.7 Å². The minimum Gasteiger partial charge on any atom is -0.481 e. The minimum atomic E-state index is -0.833. The fourth-order valence-electron chi connectivity index (χ4n) is 0.525. The molecule has 9 N–H and O–H groups in total. The molecule has 0 spiro atoms. The second-order valence-corrected chi connectivity index (χ2v) is 3.50. The molecule has 17 heavy (non-hydrogen) atoms. The van der Waals surface area contributed by atoms with Crippen LogP contribution >= 0.6 is 0 Å². The molecule has 2 unspecified atom stereocenters. The van der Waals surface area contributed by atoms with Crippen LogP contribution in [-0.2, 0) is 4.79 Å². The van der Waals surface area contributed by atoms with E-state index in [1.54, 1.807) is 6.08 Å². The summed E-state index contributed by atoms with van der Waals surface area (Å²) >= 11 is 0. The Morgan fingerprint density at radius 3 is 1.76 bits per heavy atom. The lowest BCUT2D eigenvalue weighted by Gasteiger charge is -2.11. The average Bonchev–Trinajstić information content (AvgIpc) is 2.19. The number of nitrogens with two attached hydrogens (primary N) is 4. The molecule has 0 aliphatic rings. The van der Waals surface area contributed by atoms with Crippen LogP contribution in [0.25, 0.3) is 0 Å². The highest BCUT2D eigenvalue weighted by Crippen LogP contribution is 1.91. The molecule has 6 nitrogen and oxygen atoms in total. The van der Waals surface area contributed by atoms with Gasteiger partial charge in [-0.15, -0.1) is 6.58 Å². The predicted octanol–water partition coefficient (Wildman–Crippen LogP) is -0.378. The molecule has 0 radical (unpaired) electrons. The molecule has 0 fully saturated rings. The van der Waals surface area contributed by atoms with E-state index in [0.717, 1.165) is 32.9 Å². The molecule has 0 amide bonds. The summed E-state index contributed by atoms with van der Waals surface area (Å²) in [7, 11) is 0. The van der Waals surface area contributed by atoms with E-state index in [2.05, 4.69) is 6.58 Å². The molecular formula is C11H28N4O2. The van der Waals surface area contributed by atoms with Gasteiger partial charge in [0.25, 0.3) is 5.97 Å². The molecule has 0 saturated heterocycles. The molecule has 0 aromatic rings. The Kier molecular flexibility index (Phi) is 21.9. The lowest BCUT2D eigenvalue weighted by molar-refractivity contribution is -0.134. The average molecular weight is 248 g/mol. The zero-order valence-electron chi connectivity index (χ0n) is 10.9. The lowest BCUT2D eigenvalue weighted by atomic mass is 10.1. The van der Waals surface area contributed by atoms with Gasteiger partial charge in [-0.25, -0.2) is 0 Å². The first-order chi connectivity index (χ1) is 7.83. The molecule has 6 heteroatoms. The SMILES string of the molecule is C=CCC(N)C(C)N.CC(=O)O.NCCCN. The van der Waals surface area contributed by atoms with Gasteiger partial charge in [0.15, 0.2) is 0 Å². The van der Waals surface area contributed by atoms with Gasteiger partial charge in [-0.2, -0.15) is 0 Å². The molecule has 0 aliphatic carbocycles. The van der Waals surface area contributed by atoms with Gasteiger partial charge in [0, 0.05) is 19.0 Å². The molecule has 0 rings (SSSR count). The topological polar surface area (TPSA) is 141 Å². The van der Waals surface area contributed by atoms with Gasteiger partial charge in [0.1, 0.15) is 0 Å². The van der Waals surface area contributed by atoms with Crippen molar-refractivity contribution in [2.75, 3.05) is 13.1 Å². The van der Waals surface area contributed by atoms with Crippen LogP contribution in [-0.4, -0.2) is 36.2 Å². The number of carboxylic acids is 1. The predicted molar refractivity (Wildman–Crippen MR) is 72.5 cm³/mol. The third-order valence-electron chi connectivity index (χ3n) is 1.52. The maximum Gasteiger partial charge on any atom is 0.300 e. The zero-order chi connectivity index (χ0) is 14.3. The van der Waals surface area contributed by atoms with Crippen molar-refractivity contribution >= 4 is 5.97 Å². The van der Waals surface area contributed by atoms with Crippen molar-refractivity contribution in [2.24, 2.45) is 22.9 Å². The number of aliphatic carboxylic acids is 1. The number of carboxylic acid groups (broad SMARTS) is 1. The van der Waals surface area contributed by atoms with Crippen molar-refractivity contribution in [1.29, 1.82) is 0 Å². The Hall–Kier alpha value is -0.950. The van der Waals surface area contributed by atoms with Crippen molar-refractivity contribution in [1.82, 2.24) is 0 Å². The molecule has 0 aliphatic heterocycles. The Labute approximate surface area is 104 Å². The largest absolute Gasteiger partial charge is 0.481 e. The Balaban J connectivity index is -0.000000188. The smallest absolute Gasteiger partial charge is 0.300 e. The third kappa shape index (κ3) is 39.6. The van der Waals surface area contributed by atoms with Crippen molar-refractivity contribution in [3.8, 4) is 0 Å². The maximum absolute atomic E-state index is 9.00. The van der Waals surface area contributed by atoms with Gasteiger partial charge in [-0.1, -0.05) is 6.08 Å². The van der Waals surface area contributed by atoms with E-state index in [1.165, 1.54) is 0 Å². The second kappa shape index (κ2) is 17.4. The van der Waals surface area contributed by atoms with Crippen LogP contribution in [0.5, 0.6) is 0 Å². The normalized spacial score (nSPS) is 12.1. The Morgan fingerprint density at radius 2 is 1.71 bits per heavy atom. The van der Waals surface area contributed by atoms with E-state index >= 15 is 0 Å². The van der Waals surface area contributed by atoms with Gasteiger partial charge in [-0.05, 0) is 32.9 Å². The second-order valence-electron chi connectivity index (χ2n) is 3.50. The number of carbonyl (C=O) groups is 1. The first-order valence-electron chi connectivity index (χ1n) is 5.55. The molecule has 0 saturated carbocycles. The van der Waals surface area contributed by atoms with Crippen molar-refractivity contribution in [3.63, 3.8) is 0 Å². The van der Waals surface area contributed by atoms with E-state index < -0.39 is 5.97 Å². The number of hydrogen-bond donors (Lipinski definition) is 5. The minimum absolute atomic E-state index is 0.0764. The summed E-state index contributed by atoms with van der Waals surface area (Å²) in [5, 5.41) is 7.42. The van der Waals surface area contributed by atoms with E-state index in [1.807, 2.05) is 6.92 Å². The zero-order valence-corrected chi connectivity index (χ0v) is 10.9. The highest BCUT2D eigenvalue weighted by Gasteiger charge is 2.03. The Bertz CT molecular complexity index is 169. The summed E-state index contributed by atoms with van der Waals surface area (Å²) in [5.74, 6) is -0.833. The van der Waals surface area contributed by atoms with Gasteiger partial charge in [0.2, 0.25) is 0 Å². The van der Waals surface area contributed by atoms with E-state index in [9.17, 15) is 0 Å². The molecule has 2 atom stereocenters. The standard InChI is InChI=1S/C6H14N2.C3H10N2.C2H4O2/c1-3-4-6(8)5(2)7;4-2-1-3-5;1-2(3)4/h3,5-6H,1,4,7-8H2,2H3;1-5H2;1H3,(H,3,4). The summed E-state index contributed by atoms with van der Waals surface area (Å²) in [6.07, 6.45) is 3.53. The fraction of sp³-hybridized carbons (Fsp3) is 0.727. The van der Waals surface area contributed by atoms with Crippen LogP contribution < -0.4 is 22.9 Å². The van der Waals surface area contributed by atoms with E-state index in [-0.39, 0.29) is 12.1 Å². The van der Waals surface area contributed by atoms with E-state index in [0.29, 0.717) is 0 Å². The van der Waals surface area contributed by atoms with Crippen LogP contribution in [0.15, 0.2) is 12.7 Å². The fourth-order valence-corrected chi connectivity index (χ4v) is 0.525. The summed E-state index contributed by atoms with van der Waals surface area (Å²) in [4.78, 5) is 9.00. The summed E-state index contributed by atoms with van der Waals surface area (Å²) in [5.41, 5.74) is 21.1. The van der Waals surface area contributed by atoms with Crippen LogP contribution in [0.4, 0.5) is 0 Å². The summed E-state index contributed by atoms with van der Waals surface area (Å²) in [6, 6.07) is 0.153. The van der Waals surface area contributed by atoms with Crippen LogP contribution in [0.2, 0.25) is 0 Å². The molecule has 0 aromatic carbocycles. The van der Waals surface area contributed by atoms with Crippen molar-refractivity contribution in [2.45, 2.75) is 38.8 Å². The van der Waals surface area contributed by atoms with Crippen LogP contribution in [0.3, 0.4) is 0 Å². The van der Waals surface area contributed by atoms with Gasteiger partial charge in [0.05, 0.1) is 0 Å². The van der Waals surface area contributed by atoms with Gasteiger partial charge >= 0.3 is 0 Å². The van der Waals surface area contributed by atoms with Crippen molar-refractivity contribution in [3.05, 3.63) is 12.7 Å². The molecule has 0 aromatic heterocycles. The first-order valence-corrected chi connectivity index (χ1v) is 5.55. The highest BCUT2D eigenvalue weighted by atomic mass is 16.4. The van der Waals surface area contributed by atoms with E-state index in [4.69, 9.17) is 32.8 Å². The van der Waals surface area contributed by atoms with Crippen LogP contribution in [0, 0.1) is 0 Å². The Morgan fingerprint density at radius 1 is 1.35 bits per heavy atom. The quantitative estimate of drug-likeness (QED) is 0.420. The number of hydrogen-bond acceptors (Lipinski definition) is 5. The van der Waals surface area contributed by atoms with Gasteiger partial charge in [-0.3, -0.25) is 4.79 Å². The number of rotatable bonds is 5. The summed E-state index contributed by atoms with van der Waals surface area (Å²) in [6.45, 7) is 7.97. The highest BCUT2D eigenvalue weighted by molar-refractivity contribution is 5.62. The molecule has 0 bridgehead atoms. The summed E-state index contributed by atoms with van der Waals surface area (Å²) < 4.78 is 0. The maximum atomic E-state index is 9.00. The molecule has 104 valence electrons. The lowest BCUT2D eigenvalue weighted by Crippen LogP contribution is -2.38. The van der Waals surface area contributed by atoms with Crippen molar-refractivity contribution < 1.29 is 9.90 Å². The monoisotopic (exact) mass is 248 g/mol. The first kappa shape index (κ1) is 21.3.